The van der Waals surface area contributed by atoms with E-state index in [1.807, 2.05) is 12.1 Å². The molecule has 3 rings (SSSR count). The highest BCUT2D eigenvalue weighted by Gasteiger charge is 2.16. The molecule has 146 valence electrons. The molecule has 1 N–H and O–H groups in total. The highest BCUT2D eigenvalue weighted by atomic mass is 127. The van der Waals surface area contributed by atoms with Crippen molar-refractivity contribution >= 4 is 61.6 Å². The van der Waals surface area contributed by atoms with Crippen molar-refractivity contribution in [1.29, 1.82) is 0 Å². The van der Waals surface area contributed by atoms with Crippen molar-refractivity contribution in [1.82, 2.24) is 5.43 Å². The minimum absolute atomic E-state index is 0.169. The molecule has 0 bridgehead atoms. The standard InChI is InChI=1S/C19H16BrIN2O5/c1-25-14-5-4-10(17(26-2)18(14)27-3)9-22-23-19(24)15-7-11-6-12(20)8-13(21)16(11)28-15/h4-9H,1-3H3,(H,23,24)/b22-9-. The summed E-state index contributed by atoms with van der Waals surface area (Å²) >= 11 is 5.59. The van der Waals surface area contributed by atoms with Gasteiger partial charge in [-0.25, -0.2) is 5.43 Å². The van der Waals surface area contributed by atoms with Crippen LogP contribution in [0, 0.1) is 3.57 Å². The molecule has 0 radical (unpaired) electrons. The smallest absolute Gasteiger partial charge is 0.307 e. The topological polar surface area (TPSA) is 82.3 Å². The Labute approximate surface area is 183 Å². The summed E-state index contributed by atoms with van der Waals surface area (Å²) in [4.78, 5) is 12.4. The Hall–Kier alpha value is -2.27. The molecule has 28 heavy (non-hydrogen) atoms. The molecule has 0 unspecified atom stereocenters. The van der Waals surface area contributed by atoms with E-state index in [1.165, 1.54) is 20.4 Å². The van der Waals surface area contributed by atoms with E-state index in [1.54, 1.807) is 25.3 Å². The third-order valence-electron chi connectivity index (χ3n) is 3.86. The van der Waals surface area contributed by atoms with Crippen molar-refractivity contribution in [2.45, 2.75) is 0 Å². The van der Waals surface area contributed by atoms with Gasteiger partial charge in [0.25, 0.3) is 0 Å². The summed E-state index contributed by atoms with van der Waals surface area (Å²) in [6.07, 6.45) is 1.46. The molecule has 0 atom stereocenters. The Morgan fingerprint density at radius 2 is 1.89 bits per heavy atom. The second kappa shape index (κ2) is 8.82. The van der Waals surface area contributed by atoms with Gasteiger partial charge in [-0.05, 0) is 52.9 Å². The molecule has 0 spiro atoms. The Balaban J connectivity index is 1.81. The molecule has 1 heterocycles. The maximum Gasteiger partial charge on any atom is 0.307 e. The third kappa shape index (κ3) is 4.09. The molecule has 0 aliphatic rings. The van der Waals surface area contributed by atoms with Gasteiger partial charge in [-0.2, -0.15) is 5.10 Å². The van der Waals surface area contributed by atoms with E-state index in [0.29, 0.717) is 28.4 Å². The quantitative estimate of drug-likeness (QED) is 0.272. The van der Waals surface area contributed by atoms with Crippen LogP contribution in [0.1, 0.15) is 16.1 Å². The lowest BCUT2D eigenvalue weighted by Crippen LogP contribution is -2.16. The zero-order chi connectivity index (χ0) is 20.3. The van der Waals surface area contributed by atoms with E-state index in [9.17, 15) is 4.79 Å². The van der Waals surface area contributed by atoms with Crippen LogP contribution in [0.25, 0.3) is 11.0 Å². The van der Waals surface area contributed by atoms with Crippen LogP contribution < -0.4 is 19.6 Å². The summed E-state index contributed by atoms with van der Waals surface area (Å²) in [5.41, 5.74) is 3.72. The summed E-state index contributed by atoms with van der Waals surface area (Å²) in [6, 6.07) is 8.94. The van der Waals surface area contributed by atoms with Gasteiger partial charge in [0.1, 0.15) is 5.58 Å². The molecule has 0 aliphatic carbocycles. The molecule has 0 saturated carbocycles. The molecular formula is C19H16BrIN2O5. The Kier molecular flexibility index (Phi) is 6.45. The molecule has 2 aromatic carbocycles. The van der Waals surface area contributed by atoms with Gasteiger partial charge >= 0.3 is 5.91 Å². The zero-order valence-corrected chi connectivity index (χ0v) is 19.0. The summed E-state index contributed by atoms with van der Waals surface area (Å²) in [7, 11) is 4.57. The van der Waals surface area contributed by atoms with Crippen LogP contribution in [0.15, 0.2) is 44.3 Å². The number of hydrogen-bond acceptors (Lipinski definition) is 6. The predicted molar refractivity (Wildman–Crippen MR) is 118 cm³/mol. The van der Waals surface area contributed by atoms with E-state index in [2.05, 4.69) is 49.0 Å². The lowest BCUT2D eigenvalue weighted by molar-refractivity contribution is 0.0929. The van der Waals surface area contributed by atoms with Crippen molar-refractivity contribution in [3.05, 3.63) is 49.7 Å². The first-order chi connectivity index (χ1) is 13.5. The van der Waals surface area contributed by atoms with Crippen molar-refractivity contribution in [2.75, 3.05) is 21.3 Å². The summed E-state index contributed by atoms with van der Waals surface area (Å²) < 4.78 is 23.4. The second-order valence-corrected chi connectivity index (χ2v) is 7.62. The Morgan fingerprint density at radius 3 is 2.57 bits per heavy atom. The fourth-order valence-corrected chi connectivity index (χ4v) is 4.29. The van der Waals surface area contributed by atoms with Gasteiger partial charge in [-0.15, -0.1) is 0 Å². The van der Waals surface area contributed by atoms with Gasteiger partial charge in [0.2, 0.25) is 5.75 Å². The predicted octanol–water partition coefficient (Wildman–Crippen LogP) is 4.59. The fraction of sp³-hybridized carbons (Fsp3) is 0.158. The summed E-state index contributed by atoms with van der Waals surface area (Å²) in [5, 5.41) is 4.82. The Bertz CT molecular complexity index is 1060. The minimum Gasteiger partial charge on any atom is -0.493 e. The first kappa shape index (κ1) is 20.5. The minimum atomic E-state index is -0.459. The van der Waals surface area contributed by atoms with Crippen molar-refractivity contribution < 1.29 is 23.4 Å². The molecule has 7 nitrogen and oxygen atoms in total. The number of nitrogens with zero attached hydrogens (tertiary/aromatic N) is 1. The Morgan fingerprint density at radius 1 is 1.14 bits per heavy atom. The van der Waals surface area contributed by atoms with Crippen LogP contribution >= 0.6 is 38.5 Å². The van der Waals surface area contributed by atoms with E-state index in [0.717, 1.165) is 13.4 Å². The lowest BCUT2D eigenvalue weighted by atomic mass is 10.2. The number of amides is 1. The monoisotopic (exact) mass is 558 g/mol. The van der Waals surface area contributed by atoms with Gasteiger partial charge in [0, 0.05) is 15.4 Å². The zero-order valence-electron chi connectivity index (χ0n) is 15.2. The van der Waals surface area contributed by atoms with Gasteiger partial charge in [0.05, 0.1) is 31.1 Å². The number of carbonyl (C=O) groups excluding carboxylic acids is 1. The van der Waals surface area contributed by atoms with Gasteiger partial charge in [-0.1, -0.05) is 15.9 Å². The highest BCUT2D eigenvalue weighted by molar-refractivity contribution is 14.1. The number of nitrogens with one attached hydrogen (secondary N) is 1. The number of halogens is 2. The first-order valence-electron chi connectivity index (χ1n) is 7.99. The largest absolute Gasteiger partial charge is 0.493 e. The average Bonchev–Trinajstić information content (AvgIpc) is 3.11. The molecule has 0 fully saturated rings. The molecule has 1 aromatic heterocycles. The number of furan rings is 1. The van der Waals surface area contributed by atoms with Crippen LogP contribution in [0.3, 0.4) is 0 Å². The number of fused-ring (bicyclic) bond motifs is 1. The highest BCUT2D eigenvalue weighted by Crippen LogP contribution is 2.39. The average molecular weight is 559 g/mol. The van der Waals surface area contributed by atoms with Crippen LogP contribution in [-0.4, -0.2) is 33.5 Å². The fourth-order valence-electron chi connectivity index (χ4n) is 2.63. The molecular weight excluding hydrogens is 543 g/mol. The summed E-state index contributed by atoms with van der Waals surface area (Å²) in [5.74, 6) is 1.13. The van der Waals surface area contributed by atoms with Crippen LogP contribution in [0.5, 0.6) is 17.2 Å². The number of ether oxygens (including phenoxy) is 3. The lowest BCUT2D eigenvalue weighted by Gasteiger charge is -2.13. The van der Waals surface area contributed by atoms with Gasteiger partial charge < -0.3 is 18.6 Å². The molecule has 0 aliphatic heterocycles. The van der Waals surface area contributed by atoms with E-state index in [-0.39, 0.29) is 5.76 Å². The van der Waals surface area contributed by atoms with Crippen molar-refractivity contribution in [2.24, 2.45) is 5.10 Å². The number of methoxy groups -OCH3 is 3. The maximum absolute atomic E-state index is 12.4. The van der Waals surface area contributed by atoms with Gasteiger partial charge in [-0.3, -0.25) is 4.79 Å². The maximum atomic E-state index is 12.4. The van der Waals surface area contributed by atoms with Crippen LogP contribution in [0.4, 0.5) is 0 Å². The number of rotatable bonds is 6. The number of carbonyl (C=O) groups is 1. The molecule has 1 amide bonds. The van der Waals surface area contributed by atoms with Crippen LogP contribution in [-0.2, 0) is 0 Å². The first-order valence-corrected chi connectivity index (χ1v) is 9.86. The number of hydrazone groups is 1. The summed E-state index contributed by atoms with van der Waals surface area (Å²) in [6.45, 7) is 0. The van der Waals surface area contributed by atoms with E-state index in [4.69, 9.17) is 18.6 Å². The number of hydrogen-bond donors (Lipinski definition) is 1. The van der Waals surface area contributed by atoms with Gasteiger partial charge in [0.15, 0.2) is 17.3 Å². The molecule has 3 aromatic rings. The van der Waals surface area contributed by atoms with Crippen molar-refractivity contribution in [3.63, 3.8) is 0 Å². The number of benzene rings is 2. The third-order valence-corrected chi connectivity index (χ3v) is 5.12. The van der Waals surface area contributed by atoms with Crippen LogP contribution in [0.2, 0.25) is 0 Å². The van der Waals surface area contributed by atoms with E-state index < -0.39 is 5.91 Å². The SMILES string of the molecule is COc1ccc(/C=N\NC(=O)c2cc3cc(Br)cc(I)c3o2)c(OC)c1OC. The molecule has 0 saturated heterocycles. The van der Waals surface area contributed by atoms with E-state index >= 15 is 0 Å². The normalized spacial score (nSPS) is 11.0. The van der Waals surface area contributed by atoms with Crippen molar-refractivity contribution in [3.8, 4) is 17.2 Å². The molecule has 9 heteroatoms. The second-order valence-electron chi connectivity index (χ2n) is 5.54.